The standard InChI is InChI=1S/C24H19N5O2/c1-29(24(31)20-7-3-5-18(15-20)11-13-26)22-9-8-21(16-27-22)28-23(30)19-6-2-4-17(14-19)10-12-25/h2-9,14-16H,10-11H2,1H3,(H,28,30). The molecule has 152 valence electrons. The summed E-state index contributed by atoms with van der Waals surface area (Å²) in [5.74, 6) is -0.142. The summed E-state index contributed by atoms with van der Waals surface area (Å²) in [7, 11) is 1.61. The molecule has 0 unspecified atom stereocenters. The number of amides is 2. The quantitative estimate of drug-likeness (QED) is 0.667. The first kappa shape index (κ1) is 21.2. The molecule has 0 spiro atoms. The molecule has 3 aromatic rings. The van der Waals surface area contributed by atoms with Gasteiger partial charge in [-0.1, -0.05) is 24.3 Å². The highest BCUT2D eigenvalue weighted by Gasteiger charge is 2.15. The summed E-state index contributed by atoms with van der Waals surface area (Å²) < 4.78 is 0. The average molecular weight is 409 g/mol. The van der Waals surface area contributed by atoms with E-state index in [1.165, 1.54) is 11.1 Å². The van der Waals surface area contributed by atoms with Crippen LogP contribution in [0.1, 0.15) is 31.8 Å². The second-order valence-electron chi connectivity index (χ2n) is 6.79. The third-order valence-corrected chi connectivity index (χ3v) is 4.58. The lowest BCUT2D eigenvalue weighted by molar-refractivity contribution is 0.0990. The molecule has 0 bridgehead atoms. The van der Waals surface area contributed by atoms with Gasteiger partial charge >= 0.3 is 0 Å². The van der Waals surface area contributed by atoms with Crippen molar-refractivity contribution in [1.29, 1.82) is 10.5 Å². The number of carbonyl (C=O) groups is 2. The number of benzene rings is 2. The highest BCUT2D eigenvalue weighted by atomic mass is 16.2. The lowest BCUT2D eigenvalue weighted by atomic mass is 10.1. The Morgan fingerprint density at radius 3 is 2.13 bits per heavy atom. The molecule has 1 aromatic heterocycles. The zero-order valence-electron chi connectivity index (χ0n) is 16.9. The Morgan fingerprint density at radius 2 is 1.55 bits per heavy atom. The topological polar surface area (TPSA) is 110 Å². The van der Waals surface area contributed by atoms with Crippen molar-refractivity contribution < 1.29 is 9.59 Å². The van der Waals surface area contributed by atoms with Crippen LogP contribution < -0.4 is 10.2 Å². The van der Waals surface area contributed by atoms with Gasteiger partial charge in [0.1, 0.15) is 5.82 Å². The maximum absolute atomic E-state index is 12.7. The van der Waals surface area contributed by atoms with E-state index in [0.29, 0.717) is 22.6 Å². The highest BCUT2D eigenvalue weighted by molar-refractivity contribution is 6.06. The van der Waals surface area contributed by atoms with Crippen LogP contribution in [0.25, 0.3) is 0 Å². The smallest absolute Gasteiger partial charge is 0.259 e. The van der Waals surface area contributed by atoms with Crippen molar-refractivity contribution >= 4 is 23.3 Å². The predicted molar refractivity (Wildman–Crippen MR) is 116 cm³/mol. The fourth-order valence-corrected chi connectivity index (χ4v) is 2.98. The minimum atomic E-state index is -0.312. The number of pyridine rings is 1. The summed E-state index contributed by atoms with van der Waals surface area (Å²) in [5, 5.41) is 20.4. The van der Waals surface area contributed by atoms with Crippen LogP contribution in [-0.2, 0) is 12.8 Å². The van der Waals surface area contributed by atoms with Crippen LogP contribution in [0.15, 0.2) is 66.9 Å². The number of hydrogen-bond acceptors (Lipinski definition) is 5. The molecule has 0 saturated carbocycles. The molecule has 7 nitrogen and oxygen atoms in total. The van der Waals surface area contributed by atoms with E-state index >= 15 is 0 Å². The number of nitrogens with zero attached hydrogens (tertiary/aromatic N) is 4. The van der Waals surface area contributed by atoms with Gasteiger partial charge in [0, 0.05) is 18.2 Å². The molecule has 0 saturated heterocycles. The Labute approximate surface area is 180 Å². The molecule has 2 aromatic carbocycles. The molecule has 0 aliphatic carbocycles. The summed E-state index contributed by atoms with van der Waals surface area (Å²) in [6.45, 7) is 0. The summed E-state index contributed by atoms with van der Waals surface area (Å²) in [6.07, 6.45) is 1.94. The van der Waals surface area contributed by atoms with Crippen molar-refractivity contribution in [3.8, 4) is 12.1 Å². The summed E-state index contributed by atoms with van der Waals surface area (Å²) in [5.41, 5.74) is 2.93. The van der Waals surface area contributed by atoms with Crippen LogP contribution >= 0.6 is 0 Å². The lowest BCUT2D eigenvalue weighted by Gasteiger charge is -2.17. The lowest BCUT2D eigenvalue weighted by Crippen LogP contribution is -2.27. The maximum Gasteiger partial charge on any atom is 0.259 e. The van der Waals surface area contributed by atoms with Crippen molar-refractivity contribution in [3.05, 3.63) is 89.1 Å². The van der Waals surface area contributed by atoms with Gasteiger partial charge in [0.15, 0.2) is 0 Å². The minimum Gasteiger partial charge on any atom is -0.321 e. The Bertz CT molecular complexity index is 1190. The summed E-state index contributed by atoms with van der Waals surface area (Å²) >= 11 is 0. The van der Waals surface area contributed by atoms with Crippen LogP contribution in [0, 0.1) is 22.7 Å². The molecule has 3 rings (SSSR count). The number of rotatable bonds is 6. The van der Waals surface area contributed by atoms with Crippen molar-refractivity contribution in [2.24, 2.45) is 0 Å². The van der Waals surface area contributed by atoms with Gasteiger partial charge in [-0.3, -0.25) is 14.5 Å². The zero-order chi connectivity index (χ0) is 22.2. The zero-order valence-corrected chi connectivity index (χ0v) is 16.9. The van der Waals surface area contributed by atoms with Crippen LogP contribution in [0.5, 0.6) is 0 Å². The van der Waals surface area contributed by atoms with E-state index in [1.54, 1.807) is 67.7 Å². The Hall–Kier alpha value is -4.49. The first-order valence-electron chi connectivity index (χ1n) is 9.49. The van der Waals surface area contributed by atoms with Gasteiger partial charge < -0.3 is 5.32 Å². The first-order chi connectivity index (χ1) is 15.0. The van der Waals surface area contributed by atoms with Gasteiger partial charge in [-0.25, -0.2) is 4.98 Å². The number of carbonyl (C=O) groups excluding carboxylic acids is 2. The minimum absolute atomic E-state index is 0.233. The largest absolute Gasteiger partial charge is 0.321 e. The third kappa shape index (κ3) is 5.31. The molecule has 1 N–H and O–H groups in total. The Kier molecular flexibility index (Phi) is 6.72. The molecule has 0 atom stereocenters. The van der Waals surface area contributed by atoms with Gasteiger partial charge in [0.2, 0.25) is 0 Å². The third-order valence-electron chi connectivity index (χ3n) is 4.58. The number of nitrogens with one attached hydrogen (secondary N) is 1. The Morgan fingerprint density at radius 1 is 0.935 bits per heavy atom. The monoisotopic (exact) mass is 409 g/mol. The van der Waals surface area contributed by atoms with Gasteiger partial charge in [0.05, 0.1) is 36.9 Å². The van der Waals surface area contributed by atoms with Crippen molar-refractivity contribution in [3.63, 3.8) is 0 Å². The van der Waals surface area contributed by atoms with E-state index in [1.807, 2.05) is 0 Å². The molecular weight excluding hydrogens is 390 g/mol. The van der Waals surface area contributed by atoms with E-state index in [0.717, 1.165) is 11.1 Å². The molecule has 31 heavy (non-hydrogen) atoms. The first-order valence-corrected chi connectivity index (χ1v) is 9.49. The predicted octanol–water partition coefficient (Wildman–Crippen LogP) is 3.74. The molecule has 0 aliphatic heterocycles. The highest BCUT2D eigenvalue weighted by Crippen LogP contribution is 2.17. The molecular formula is C24H19N5O2. The summed E-state index contributed by atoms with van der Waals surface area (Å²) in [4.78, 5) is 30.9. The molecule has 1 heterocycles. The van der Waals surface area contributed by atoms with E-state index in [-0.39, 0.29) is 24.7 Å². The van der Waals surface area contributed by atoms with E-state index in [4.69, 9.17) is 10.5 Å². The second kappa shape index (κ2) is 9.82. The van der Waals surface area contributed by atoms with E-state index < -0.39 is 0 Å². The number of nitriles is 2. The fourth-order valence-electron chi connectivity index (χ4n) is 2.98. The van der Waals surface area contributed by atoms with Gasteiger partial charge in [-0.2, -0.15) is 10.5 Å². The van der Waals surface area contributed by atoms with Crippen molar-refractivity contribution in [2.75, 3.05) is 17.3 Å². The second-order valence-corrected chi connectivity index (χ2v) is 6.79. The molecule has 7 heteroatoms. The van der Waals surface area contributed by atoms with Gasteiger partial charge in [-0.15, -0.1) is 0 Å². The van der Waals surface area contributed by atoms with Crippen molar-refractivity contribution in [1.82, 2.24) is 4.98 Å². The molecule has 2 amide bonds. The van der Waals surface area contributed by atoms with E-state index in [9.17, 15) is 9.59 Å². The molecule has 0 aliphatic rings. The number of aromatic nitrogens is 1. The average Bonchev–Trinajstić information content (AvgIpc) is 2.79. The van der Waals surface area contributed by atoms with Crippen molar-refractivity contribution in [2.45, 2.75) is 12.8 Å². The molecule has 0 fully saturated rings. The normalized spacial score (nSPS) is 9.90. The van der Waals surface area contributed by atoms with Crippen LogP contribution in [0.2, 0.25) is 0 Å². The van der Waals surface area contributed by atoms with E-state index in [2.05, 4.69) is 22.4 Å². The SMILES string of the molecule is CN(C(=O)c1cccc(CC#N)c1)c1ccc(NC(=O)c2cccc(CC#N)c2)cn1. The number of anilines is 2. The Balaban J connectivity index is 1.69. The van der Waals surface area contributed by atoms with Gasteiger partial charge in [0.25, 0.3) is 11.8 Å². The summed E-state index contributed by atoms with van der Waals surface area (Å²) in [6, 6.07) is 21.2. The van der Waals surface area contributed by atoms with Gasteiger partial charge in [-0.05, 0) is 47.5 Å². The fraction of sp³-hybridized carbons (Fsp3) is 0.125. The number of hydrogen-bond donors (Lipinski definition) is 1. The van der Waals surface area contributed by atoms with Crippen LogP contribution in [0.4, 0.5) is 11.5 Å². The maximum atomic E-state index is 12.7. The van der Waals surface area contributed by atoms with Crippen LogP contribution in [-0.4, -0.2) is 23.8 Å². The van der Waals surface area contributed by atoms with Crippen LogP contribution in [0.3, 0.4) is 0 Å². The molecule has 0 radical (unpaired) electrons.